The van der Waals surface area contributed by atoms with Crippen LogP contribution in [0.4, 0.5) is 0 Å². The summed E-state index contributed by atoms with van der Waals surface area (Å²) < 4.78 is 12.1. The summed E-state index contributed by atoms with van der Waals surface area (Å²) in [5.41, 5.74) is 0. The third kappa shape index (κ3) is 2.21. The maximum atomic E-state index is 12.1. The van der Waals surface area contributed by atoms with Crippen molar-refractivity contribution in [3.63, 3.8) is 0 Å². The molecule has 0 spiro atoms. The second-order valence-electron chi connectivity index (χ2n) is 5.99. The SMILES string of the molecule is C[C]1[CH][P](=O)[C]([Si](C)(C)C(C)(C)C)[C]1C. The van der Waals surface area contributed by atoms with E-state index in [9.17, 15) is 4.57 Å². The van der Waals surface area contributed by atoms with Crippen LogP contribution in [-0.4, -0.2) is 8.07 Å². The van der Waals surface area contributed by atoms with Gasteiger partial charge in [0.15, 0.2) is 0 Å². The van der Waals surface area contributed by atoms with Gasteiger partial charge in [0, 0.05) is 6.16 Å². The minimum absolute atomic E-state index is 0.271. The zero-order chi connectivity index (χ0) is 12.0. The van der Waals surface area contributed by atoms with Gasteiger partial charge in [-0.05, 0) is 16.9 Å². The molecule has 0 aliphatic carbocycles. The molecule has 1 heterocycles. The molecular formula is C12H22OPSi. The van der Waals surface area contributed by atoms with Gasteiger partial charge in [-0.25, -0.2) is 0 Å². The monoisotopic (exact) mass is 241 g/mol. The fraction of sp³-hybridized carbons (Fsp3) is 0.667. The quantitative estimate of drug-likeness (QED) is 0.478. The zero-order valence-corrected chi connectivity index (χ0v) is 12.8. The fourth-order valence-electron chi connectivity index (χ4n) is 1.79. The average molecular weight is 241 g/mol. The van der Waals surface area contributed by atoms with E-state index >= 15 is 0 Å². The summed E-state index contributed by atoms with van der Waals surface area (Å²) >= 11 is 0. The Morgan fingerprint density at radius 1 is 1.20 bits per heavy atom. The van der Waals surface area contributed by atoms with Crippen LogP contribution in [0.5, 0.6) is 0 Å². The lowest BCUT2D eigenvalue weighted by atomic mass is 10.0. The molecule has 0 aromatic heterocycles. The van der Waals surface area contributed by atoms with E-state index in [1.54, 1.807) is 0 Å². The van der Waals surface area contributed by atoms with Gasteiger partial charge in [0.05, 0.1) is 21.2 Å². The van der Waals surface area contributed by atoms with Gasteiger partial charge in [0.1, 0.15) is 0 Å². The molecule has 5 radical (unpaired) electrons. The van der Waals surface area contributed by atoms with Crippen molar-refractivity contribution < 1.29 is 4.57 Å². The van der Waals surface area contributed by atoms with E-state index in [2.05, 4.69) is 47.7 Å². The zero-order valence-electron chi connectivity index (χ0n) is 10.9. The molecule has 1 aliphatic rings. The second-order valence-corrected chi connectivity index (χ2v) is 13.0. The first-order valence-electron chi connectivity index (χ1n) is 5.45. The van der Waals surface area contributed by atoms with Gasteiger partial charge in [-0.1, -0.05) is 47.7 Å². The third-order valence-corrected chi connectivity index (χ3v) is 13.0. The summed E-state index contributed by atoms with van der Waals surface area (Å²) in [6, 6.07) is 0. The number of rotatable bonds is 1. The topological polar surface area (TPSA) is 17.1 Å². The number of hydrogen-bond donors (Lipinski definition) is 0. The molecule has 1 nitrogen and oxygen atoms in total. The predicted molar refractivity (Wildman–Crippen MR) is 70.2 cm³/mol. The van der Waals surface area contributed by atoms with Gasteiger partial charge in [0.25, 0.3) is 0 Å². The summed E-state index contributed by atoms with van der Waals surface area (Å²) in [6.45, 7) is 15.7. The van der Waals surface area contributed by atoms with Crippen molar-refractivity contribution in [2.24, 2.45) is 0 Å². The highest BCUT2D eigenvalue weighted by atomic mass is 31.1. The minimum atomic E-state index is -1.60. The molecule has 15 heavy (non-hydrogen) atoms. The summed E-state index contributed by atoms with van der Waals surface area (Å²) in [6.07, 6.45) is 1.94. The van der Waals surface area contributed by atoms with E-state index in [1.165, 1.54) is 17.1 Å². The highest BCUT2D eigenvalue weighted by molar-refractivity contribution is 7.56. The fourth-order valence-corrected chi connectivity index (χ4v) is 8.22. The van der Waals surface area contributed by atoms with Crippen LogP contribution in [0.1, 0.15) is 34.6 Å². The molecule has 0 saturated carbocycles. The van der Waals surface area contributed by atoms with E-state index in [4.69, 9.17) is 0 Å². The molecule has 1 atom stereocenters. The molecule has 0 bridgehead atoms. The molecule has 3 heteroatoms. The van der Waals surface area contributed by atoms with Gasteiger partial charge < -0.3 is 0 Å². The highest BCUT2D eigenvalue weighted by Gasteiger charge is 2.53. The first-order valence-corrected chi connectivity index (χ1v) is 9.78. The molecule has 1 rings (SSSR count). The maximum absolute atomic E-state index is 12.1. The van der Waals surface area contributed by atoms with Gasteiger partial charge >= 0.3 is 0 Å². The van der Waals surface area contributed by atoms with Gasteiger partial charge in [-0.15, -0.1) is 0 Å². The first-order chi connectivity index (χ1) is 6.59. The van der Waals surface area contributed by atoms with E-state index in [0.717, 1.165) is 0 Å². The highest BCUT2D eigenvalue weighted by Crippen LogP contribution is 2.65. The molecular weight excluding hydrogens is 219 g/mol. The Hall–Kier alpha value is 0.317. The Labute approximate surface area is 96.8 Å². The molecule has 1 aliphatic heterocycles. The van der Waals surface area contributed by atoms with Crippen LogP contribution >= 0.6 is 7.80 Å². The van der Waals surface area contributed by atoms with Crippen molar-refractivity contribution >= 4 is 15.9 Å². The summed E-state index contributed by atoms with van der Waals surface area (Å²) in [4.78, 5) is 0. The van der Waals surface area contributed by atoms with Crippen LogP contribution < -0.4 is 0 Å². The average Bonchev–Trinajstić information content (AvgIpc) is 2.24. The normalized spacial score (nSPS) is 25.1. The van der Waals surface area contributed by atoms with Crippen LogP contribution in [0.3, 0.4) is 0 Å². The van der Waals surface area contributed by atoms with E-state index < -0.39 is 15.9 Å². The Bertz CT molecular complexity index is 267. The van der Waals surface area contributed by atoms with Gasteiger partial charge in [-0.2, -0.15) is 0 Å². The minimum Gasteiger partial charge on any atom is -0.286 e. The van der Waals surface area contributed by atoms with E-state index in [0.29, 0.717) is 0 Å². The smallest absolute Gasteiger partial charge is 0.0817 e. The van der Waals surface area contributed by atoms with Crippen molar-refractivity contribution in [2.45, 2.75) is 52.8 Å². The standard InChI is InChI=1S/C12H22OPSi/c1-9-8-14(13)11(10(9)2)15(6,7)12(3,4)5/h8H,1-7H3. The Kier molecular flexibility index (Phi) is 3.53. The summed E-state index contributed by atoms with van der Waals surface area (Å²) in [5, 5.41) is 1.55. The van der Waals surface area contributed by atoms with Crippen molar-refractivity contribution in [2.75, 3.05) is 0 Å². The van der Waals surface area contributed by atoms with E-state index in [-0.39, 0.29) is 5.04 Å². The predicted octanol–water partition coefficient (Wildman–Crippen LogP) is 4.76. The first kappa shape index (κ1) is 13.4. The Balaban J connectivity index is 3.02. The van der Waals surface area contributed by atoms with Crippen molar-refractivity contribution in [3.05, 3.63) is 23.3 Å². The van der Waals surface area contributed by atoms with Crippen molar-refractivity contribution in [3.8, 4) is 0 Å². The maximum Gasteiger partial charge on any atom is 0.0817 e. The van der Waals surface area contributed by atoms with Crippen LogP contribution in [0.15, 0.2) is 0 Å². The largest absolute Gasteiger partial charge is 0.286 e. The van der Waals surface area contributed by atoms with Gasteiger partial charge in [0.2, 0.25) is 0 Å². The van der Waals surface area contributed by atoms with Crippen LogP contribution in [0.2, 0.25) is 18.1 Å². The molecule has 0 N–H and O–H groups in total. The molecule has 0 aromatic rings. The molecule has 1 fully saturated rings. The molecule has 1 saturated heterocycles. The van der Waals surface area contributed by atoms with E-state index in [1.807, 2.05) is 6.16 Å². The lowest BCUT2D eigenvalue weighted by Crippen LogP contribution is -2.43. The molecule has 0 aromatic carbocycles. The molecule has 1 unspecified atom stereocenters. The second kappa shape index (κ2) is 3.96. The summed E-state index contributed by atoms with van der Waals surface area (Å²) in [7, 11) is -2.83. The third-order valence-electron chi connectivity index (χ3n) is 3.95. The van der Waals surface area contributed by atoms with Crippen LogP contribution in [0, 0.1) is 23.3 Å². The van der Waals surface area contributed by atoms with Crippen molar-refractivity contribution in [1.29, 1.82) is 0 Å². The van der Waals surface area contributed by atoms with Crippen LogP contribution in [0.25, 0.3) is 0 Å². The van der Waals surface area contributed by atoms with Gasteiger partial charge in [-0.3, -0.25) is 4.57 Å². The molecule has 85 valence electrons. The van der Waals surface area contributed by atoms with Crippen LogP contribution in [-0.2, 0) is 4.57 Å². The lowest BCUT2D eigenvalue weighted by molar-refractivity contribution is 0.593. The molecule has 0 amide bonds. The Morgan fingerprint density at radius 2 is 1.67 bits per heavy atom. The Morgan fingerprint density at radius 3 is 1.93 bits per heavy atom. The lowest BCUT2D eigenvalue weighted by Gasteiger charge is -2.42. The summed E-state index contributed by atoms with van der Waals surface area (Å²) in [5.74, 6) is 2.51. The van der Waals surface area contributed by atoms with Crippen molar-refractivity contribution in [1.82, 2.24) is 0 Å². The number of hydrogen-bond acceptors (Lipinski definition) is 1.